The maximum Gasteiger partial charge on any atom is 0.224 e. The lowest BCUT2D eigenvalue weighted by Crippen LogP contribution is -2.42. The minimum Gasteiger partial charge on any atom is -0.369 e. The first-order chi connectivity index (χ1) is 18.1. The number of rotatable bonds is 7. The number of imidazole rings is 1. The first-order valence-corrected chi connectivity index (χ1v) is 14.8. The van der Waals surface area contributed by atoms with Crippen molar-refractivity contribution < 1.29 is 17.6 Å². The molecule has 3 heterocycles. The number of amides is 1. The zero-order valence-corrected chi connectivity index (χ0v) is 22.5. The number of halogens is 2. The van der Waals surface area contributed by atoms with Crippen molar-refractivity contribution in [2.75, 3.05) is 30.0 Å². The number of para-hydroxylation sites is 1. The van der Waals surface area contributed by atoms with Crippen LogP contribution < -0.4 is 16.4 Å². The number of nitrogens with zero attached hydrogens (tertiary/aromatic N) is 5. The molecular weight excluding hydrogens is 535 g/mol. The minimum atomic E-state index is -3.22. The molecule has 204 valence electrons. The van der Waals surface area contributed by atoms with Crippen molar-refractivity contribution in [2.24, 2.45) is 11.7 Å². The standard InChI is InChI=1S/C24H30ClFN8O3S/c1-38(36,37)33-11-9-15(10-12-33)29-23-28-13-19-22(32-23)34(16-7-5-14(6-8-16)21(27)35)24(30-19)31-20-17(25)3-2-4-18(20)26/h2-4,13-16H,5-12H2,1H3,(H2,27,35)(H,30,31)(H,28,29,32)/t14-,16+. The van der Waals surface area contributed by atoms with E-state index in [0.717, 1.165) is 0 Å². The number of carbonyl (C=O) groups is 1. The lowest BCUT2D eigenvalue weighted by Gasteiger charge is -2.30. The maximum atomic E-state index is 14.6. The summed E-state index contributed by atoms with van der Waals surface area (Å²) >= 11 is 6.27. The molecule has 5 rings (SSSR count). The fraction of sp³-hybridized carbons (Fsp3) is 0.500. The van der Waals surface area contributed by atoms with E-state index in [1.54, 1.807) is 12.3 Å². The van der Waals surface area contributed by atoms with Crippen LogP contribution in [0.3, 0.4) is 0 Å². The molecular formula is C24H30ClFN8O3S. The molecule has 2 aliphatic rings. The van der Waals surface area contributed by atoms with Crippen molar-refractivity contribution in [2.45, 2.75) is 50.6 Å². The first kappa shape index (κ1) is 26.6. The molecule has 0 spiro atoms. The van der Waals surface area contributed by atoms with Crippen molar-refractivity contribution in [3.8, 4) is 0 Å². The summed E-state index contributed by atoms with van der Waals surface area (Å²) in [5.41, 5.74) is 6.73. The summed E-state index contributed by atoms with van der Waals surface area (Å²) in [6, 6.07) is 4.40. The number of piperidine rings is 1. The van der Waals surface area contributed by atoms with Crippen LogP contribution in [0.15, 0.2) is 24.4 Å². The third-order valence-corrected chi connectivity index (χ3v) is 8.97. The van der Waals surface area contributed by atoms with Gasteiger partial charge < -0.3 is 16.4 Å². The highest BCUT2D eigenvalue weighted by Gasteiger charge is 2.30. The molecule has 14 heteroatoms. The van der Waals surface area contributed by atoms with E-state index >= 15 is 0 Å². The van der Waals surface area contributed by atoms with Gasteiger partial charge in [-0.25, -0.2) is 27.1 Å². The molecule has 1 amide bonds. The summed E-state index contributed by atoms with van der Waals surface area (Å²) in [6.45, 7) is 0.856. The van der Waals surface area contributed by atoms with E-state index in [-0.39, 0.29) is 34.6 Å². The van der Waals surface area contributed by atoms with Gasteiger partial charge in [0.1, 0.15) is 11.3 Å². The number of nitrogens with one attached hydrogen (secondary N) is 2. The minimum absolute atomic E-state index is 0.0163. The van der Waals surface area contributed by atoms with Gasteiger partial charge in [0.15, 0.2) is 5.65 Å². The van der Waals surface area contributed by atoms with E-state index in [9.17, 15) is 17.6 Å². The average molecular weight is 565 g/mol. The third kappa shape index (κ3) is 5.54. The Balaban J connectivity index is 1.45. The summed E-state index contributed by atoms with van der Waals surface area (Å²) in [5.74, 6) is -0.211. The largest absolute Gasteiger partial charge is 0.369 e. The fourth-order valence-corrected chi connectivity index (χ4v) is 6.34. The zero-order chi connectivity index (χ0) is 27.0. The Morgan fingerprint density at radius 1 is 1.13 bits per heavy atom. The van der Waals surface area contributed by atoms with Crippen LogP contribution in [0.1, 0.15) is 44.6 Å². The number of fused-ring (bicyclic) bond motifs is 1. The highest BCUT2D eigenvalue weighted by Crippen LogP contribution is 2.38. The Kier molecular flexibility index (Phi) is 7.43. The molecule has 1 saturated carbocycles. The van der Waals surface area contributed by atoms with Crippen LogP contribution >= 0.6 is 11.6 Å². The molecule has 0 atom stereocenters. The molecule has 1 saturated heterocycles. The van der Waals surface area contributed by atoms with Crippen LogP contribution in [0.2, 0.25) is 5.02 Å². The van der Waals surface area contributed by atoms with Crippen LogP contribution in [0, 0.1) is 11.7 Å². The molecule has 1 aromatic carbocycles. The number of sulfonamides is 1. The molecule has 4 N–H and O–H groups in total. The summed E-state index contributed by atoms with van der Waals surface area (Å²) < 4.78 is 41.7. The Bertz CT molecular complexity index is 1430. The second-order valence-corrected chi connectivity index (χ2v) is 12.3. The van der Waals surface area contributed by atoms with Crippen LogP contribution in [0.25, 0.3) is 11.2 Å². The molecule has 0 unspecified atom stereocenters. The van der Waals surface area contributed by atoms with Gasteiger partial charge >= 0.3 is 0 Å². The highest BCUT2D eigenvalue weighted by atomic mass is 35.5. The number of primary amides is 1. The predicted molar refractivity (Wildman–Crippen MR) is 143 cm³/mol. The average Bonchev–Trinajstić information content (AvgIpc) is 3.23. The monoisotopic (exact) mass is 564 g/mol. The molecule has 0 bridgehead atoms. The lowest BCUT2D eigenvalue weighted by atomic mass is 9.85. The third-order valence-electron chi connectivity index (χ3n) is 7.35. The number of benzene rings is 1. The Hall–Kier alpha value is -3.03. The van der Waals surface area contributed by atoms with E-state index in [1.807, 2.05) is 4.57 Å². The van der Waals surface area contributed by atoms with E-state index in [2.05, 4.69) is 20.6 Å². The van der Waals surface area contributed by atoms with Gasteiger partial charge in [0.2, 0.25) is 27.8 Å². The molecule has 1 aliphatic carbocycles. The zero-order valence-electron chi connectivity index (χ0n) is 20.9. The number of aromatic nitrogens is 4. The van der Waals surface area contributed by atoms with Gasteiger partial charge in [0, 0.05) is 31.1 Å². The second-order valence-electron chi connectivity index (χ2n) is 9.92. The molecule has 1 aliphatic heterocycles. The molecule has 11 nitrogen and oxygen atoms in total. The van der Waals surface area contributed by atoms with E-state index in [1.165, 1.54) is 22.7 Å². The van der Waals surface area contributed by atoms with Gasteiger partial charge in [-0.3, -0.25) is 9.36 Å². The summed E-state index contributed by atoms with van der Waals surface area (Å²) in [6.07, 6.45) is 6.70. The number of hydrogen-bond acceptors (Lipinski definition) is 8. The lowest BCUT2D eigenvalue weighted by molar-refractivity contribution is -0.122. The molecule has 3 aromatic rings. The first-order valence-electron chi connectivity index (χ1n) is 12.6. The van der Waals surface area contributed by atoms with Gasteiger partial charge in [0.25, 0.3) is 0 Å². The molecule has 2 fully saturated rings. The Morgan fingerprint density at radius 3 is 2.47 bits per heavy atom. The normalized spacial score (nSPS) is 21.4. The number of hydrogen-bond donors (Lipinski definition) is 3. The van der Waals surface area contributed by atoms with Crippen molar-refractivity contribution in [3.63, 3.8) is 0 Å². The Labute approximate surface area is 225 Å². The van der Waals surface area contributed by atoms with Crippen molar-refractivity contribution in [3.05, 3.63) is 35.2 Å². The van der Waals surface area contributed by atoms with Crippen molar-refractivity contribution in [1.82, 2.24) is 23.8 Å². The van der Waals surface area contributed by atoms with E-state index < -0.39 is 15.8 Å². The van der Waals surface area contributed by atoms with Crippen LogP contribution in [-0.4, -0.2) is 63.5 Å². The fourth-order valence-electron chi connectivity index (χ4n) is 5.26. The van der Waals surface area contributed by atoms with E-state index in [0.29, 0.717) is 74.7 Å². The topological polar surface area (TPSA) is 148 Å². The maximum absolute atomic E-state index is 14.6. The van der Waals surface area contributed by atoms with Crippen molar-refractivity contribution >= 4 is 56.3 Å². The van der Waals surface area contributed by atoms with Gasteiger partial charge in [-0.1, -0.05) is 17.7 Å². The smallest absolute Gasteiger partial charge is 0.224 e. The van der Waals surface area contributed by atoms with Crippen molar-refractivity contribution in [1.29, 1.82) is 0 Å². The van der Waals surface area contributed by atoms with E-state index in [4.69, 9.17) is 22.3 Å². The number of carbonyl (C=O) groups excluding carboxylic acids is 1. The van der Waals surface area contributed by atoms with Crippen LogP contribution in [0.5, 0.6) is 0 Å². The predicted octanol–water partition coefficient (Wildman–Crippen LogP) is 3.41. The molecule has 38 heavy (non-hydrogen) atoms. The number of anilines is 3. The summed E-state index contributed by atoms with van der Waals surface area (Å²) in [5, 5.41) is 6.60. The SMILES string of the molecule is CS(=O)(=O)N1CCC(Nc2ncc3nc(Nc4c(F)cccc4Cl)n([C@H]4CC[C@@H](C(N)=O)CC4)c3n2)CC1. The Morgan fingerprint density at radius 2 is 1.84 bits per heavy atom. The summed E-state index contributed by atoms with van der Waals surface area (Å²) in [7, 11) is -3.22. The van der Waals surface area contributed by atoms with Gasteiger partial charge in [0.05, 0.1) is 23.2 Å². The van der Waals surface area contributed by atoms with Gasteiger partial charge in [-0.15, -0.1) is 0 Å². The van der Waals surface area contributed by atoms with Gasteiger partial charge in [-0.2, -0.15) is 4.98 Å². The van der Waals surface area contributed by atoms with Gasteiger partial charge in [-0.05, 0) is 50.7 Å². The molecule has 2 aromatic heterocycles. The van der Waals surface area contributed by atoms with Crippen LogP contribution in [0.4, 0.5) is 22.0 Å². The quantitative estimate of drug-likeness (QED) is 0.395. The number of nitrogens with two attached hydrogens (primary N) is 1. The highest BCUT2D eigenvalue weighted by molar-refractivity contribution is 7.88. The summed E-state index contributed by atoms with van der Waals surface area (Å²) in [4.78, 5) is 25.6. The van der Waals surface area contributed by atoms with Crippen LogP contribution in [-0.2, 0) is 14.8 Å². The second kappa shape index (κ2) is 10.6. The molecule has 0 radical (unpaired) electrons.